The fourth-order valence-corrected chi connectivity index (χ4v) is 4.77. The highest BCUT2D eigenvalue weighted by Crippen LogP contribution is 2.36. The molecule has 2 heterocycles. The van der Waals surface area contributed by atoms with Crippen LogP contribution in [0.15, 0.2) is 6.07 Å². The van der Waals surface area contributed by atoms with Gasteiger partial charge >= 0.3 is 0 Å². The summed E-state index contributed by atoms with van der Waals surface area (Å²) in [6.07, 6.45) is 7.38. The SMILES string of the molecule is CCNCCCc1nnc(-c2cc3c(s2)CCCC3)s1. The van der Waals surface area contributed by atoms with Crippen LogP contribution in [-0.2, 0) is 19.3 Å². The monoisotopic (exact) mass is 307 g/mol. The molecule has 0 aromatic carbocycles. The molecule has 0 atom stereocenters. The van der Waals surface area contributed by atoms with Gasteiger partial charge in [-0.15, -0.1) is 21.5 Å². The van der Waals surface area contributed by atoms with Crippen molar-refractivity contribution in [3.8, 4) is 9.88 Å². The van der Waals surface area contributed by atoms with Crippen LogP contribution in [0.25, 0.3) is 9.88 Å². The molecular formula is C15H21N3S2. The molecule has 3 rings (SSSR count). The van der Waals surface area contributed by atoms with Gasteiger partial charge in [0.2, 0.25) is 0 Å². The van der Waals surface area contributed by atoms with Gasteiger partial charge in [0.25, 0.3) is 0 Å². The maximum absolute atomic E-state index is 4.39. The molecule has 0 aliphatic heterocycles. The minimum Gasteiger partial charge on any atom is -0.317 e. The highest BCUT2D eigenvalue weighted by atomic mass is 32.1. The molecule has 1 aliphatic rings. The predicted molar refractivity (Wildman–Crippen MR) is 86.7 cm³/mol. The third-order valence-electron chi connectivity index (χ3n) is 3.67. The first-order chi connectivity index (χ1) is 9.86. The zero-order chi connectivity index (χ0) is 13.8. The predicted octanol–water partition coefficient (Wildman–Crippen LogP) is 3.69. The summed E-state index contributed by atoms with van der Waals surface area (Å²) >= 11 is 3.70. The number of fused-ring (bicyclic) bond motifs is 1. The molecule has 0 amide bonds. The number of hydrogen-bond donors (Lipinski definition) is 1. The van der Waals surface area contributed by atoms with Crippen LogP contribution in [0.5, 0.6) is 0 Å². The Kier molecular flexibility index (Phi) is 4.81. The molecular weight excluding hydrogens is 286 g/mol. The van der Waals surface area contributed by atoms with Crippen LogP contribution >= 0.6 is 22.7 Å². The number of rotatable bonds is 6. The normalized spacial score (nSPS) is 14.4. The van der Waals surface area contributed by atoms with Crippen molar-refractivity contribution < 1.29 is 0 Å². The lowest BCUT2D eigenvalue weighted by atomic mass is 9.99. The Labute approximate surface area is 128 Å². The Balaban J connectivity index is 1.65. The van der Waals surface area contributed by atoms with E-state index in [2.05, 4.69) is 28.5 Å². The van der Waals surface area contributed by atoms with E-state index in [0.717, 1.165) is 30.9 Å². The second-order valence-electron chi connectivity index (χ2n) is 5.22. The Bertz CT molecular complexity index is 536. The lowest BCUT2D eigenvalue weighted by Gasteiger charge is -2.08. The maximum atomic E-state index is 4.39. The van der Waals surface area contributed by atoms with Crippen molar-refractivity contribution >= 4 is 22.7 Å². The Morgan fingerprint density at radius 3 is 2.95 bits per heavy atom. The zero-order valence-electron chi connectivity index (χ0n) is 11.9. The molecule has 0 bridgehead atoms. The molecule has 0 saturated carbocycles. The standard InChI is InChI=1S/C15H21N3S2/c1-2-16-9-5-8-14-17-18-15(20-14)13-10-11-6-3-4-7-12(11)19-13/h10,16H,2-9H2,1H3. The van der Waals surface area contributed by atoms with Crippen molar-refractivity contribution in [2.75, 3.05) is 13.1 Å². The fourth-order valence-electron chi connectivity index (χ4n) is 2.59. The lowest BCUT2D eigenvalue weighted by molar-refractivity contribution is 0.669. The molecule has 2 aromatic rings. The van der Waals surface area contributed by atoms with Gasteiger partial charge in [0, 0.05) is 11.3 Å². The van der Waals surface area contributed by atoms with Crippen LogP contribution in [0.4, 0.5) is 0 Å². The van der Waals surface area contributed by atoms with Gasteiger partial charge < -0.3 is 5.32 Å². The van der Waals surface area contributed by atoms with Crippen molar-refractivity contribution in [3.05, 3.63) is 21.5 Å². The van der Waals surface area contributed by atoms with E-state index < -0.39 is 0 Å². The van der Waals surface area contributed by atoms with E-state index in [4.69, 9.17) is 0 Å². The molecule has 2 aromatic heterocycles. The maximum Gasteiger partial charge on any atom is 0.157 e. The highest BCUT2D eigenvalue weighted by Gasteiger charge is 2.16. The first-order valence-corrected chi connectivity index (χ1v) is 9.15. The van der Waals surface area contributed by atoms with Crippen LogP contribution in [0.1, 0.15) is 41.6 Å². The van der Waals surface area contributed by atoms with E-state index in [1.807, 2.05) is 11.3 Å². The molecule has 0 radical (unpaired) electrons. The number of aryl methyl sites for hydroxylation is 3. The molecule has 0 spiro atoms. The first kappa shape index (κ1) is 14.2. The topological polar surface area (TPSA) is 37.8 Å². The van der Waals surface area contributed by atoms with Gasteiger partial charge in [-0.05, 0) is 56.8 Å². The number of thiophene rings is 1. The average molecular weight is 307 g/mol. The summed E-state index contributed by atoms with van der Waals surface area (Å²) in [5.74, 6) is 0. The summed E-state index contributed by atoms with van der Waals surface area (Å²) in [6, 6.07) is 2.35. The van der Waals surface area contributed by atoms with Gasteiger partial charge in [-0.2, -0.15) is 0 Å². The molecule has 1 aliphatic carbocycles. The third kappa shape index (κ3) is 3.27. The van der Waals surface area contributed by atoms with Crippen molar-refractivity contribution in [1.82, 2.24) is 15.5 Å². The summed E-state index contributed by atoms with van der Waals surface area (Å²) in [5, 5.41) is 14.4. The molecule has 0 fully saturated rings. The minimum atomic E-state index is 1.04. The number of aromatic nitrogens is 2. The lowest BCUT2D eigenvalue weighted by Crippen LogP contribution is -2.14. The molecule has 1 N–H and O–H groups in total. The smallest absolute Gasteiger partial charge is 0.157 e. The van der Waals surface area contributed by atoms with E-state index in [9.17, 15) is 0 Å². The van der Waals surface area contributed by atoms with E-state index in [1.165, 1.54) is 35.6 Å². The first-order valence-electron chi connectivity index (χ1n) is 7.52. The van der Waals surface area contributed by atoms with Gasteiger partial charge in [0.1, 0.15) is 5.01 Å². The Hall–Kier alpha value is -0.780. The van der Waals surface area contributed by atoms with Crippen LogP contribution < -0.4 is 5.32 Å². The fraction of sp³-hybridized carbons (Fsp3) is 0.600. The van der Waals surface area contributed by atoms with E-state index in [0.29, 0.717) is 0 Å². The molecule has 108 valence electrons. The molecule has 0 saturated heterocycles. The number of hydrogen-bond acceptors (Lipinski definition) is 5. The van der Waals surface area contributed by atoms with Gasteiger partial charge in [-0.25, -0.2) is 0 Å². The highest BCUT2D eigenvalue weighted by molar-refractivity contribution is 7.21. The second kappa shape index (κ2) is 6.78. The van der Waals surface area contributed by atoms with Gasteiger partial charge in [0.05, 0.1) is 4.88 Å². The number of nitrogens with zero attached hydrogens (tertiary/aromatic N) is 2. The zero-order valence-corrected chi connectivity index (χ0v) is 13.6. The quantitative estimate of drug-likeness (QED) is 0.827. The largest absolute Gasteiger partial charge is 0.317 e. The Morgan fingerprint density at radius 1 is 1.20 bits per heavy atom. The summed E-state index contributed by atoms with van der Waals surface area (Å²) in [5.41, 5.74) is 1.56. The van der Waals surface area contributed by atoms with E-state index >= 15 is 0 Å². The van der Waals surface area contributed by atoms with Crippen molar-refractivity contribution in [3.63, 3.8) is 0 Å². The molecule has 3 nitrogen and oxygen atoms in total. The number of nitrogens with one attached hydrogen (secondary N) is 1. The summed E-state index contributed by atoms with van der Waals surface area (Å²) in [4.78, 5) is 2.91. The van der Waals surface area contributed by atoms with Crippen molar-refractivity contribution in [2.24, 2.45) is 0 Å². The summed E-state index contributed by atoms with van der Waals surface area (Å²) in [6.45, 7) is 4.25. The van der Waals surface area contributed by atoms with Gasteiger partial charge in [-0.1, -0.05) is 18.3 Å². The van der Waals surface area contributed by atoms with Crippen LogP contribution in [0.3, 0.4) is 0 Å². The molecule has 20 heavy (non-hydrogen) atoms. The van der Waals surface area contributed by atoms with Crippen LogP contribution in [0, 0.1) is 0 Å². The van der Waals surface area contributed by atoms with Crippen LogP contribution in [0.2, 0.25) is 0 Å². The average Bonchev–Trinajstić information content (AvgIpc) is 3.09. The van der Waals surface area contributed by atoms with Crippen molar-refractivity contribution in [1.29, 1.82) is 0 Å². The third-order valence-corrected chi connectivity index (χ3v) is 6.06. The second-order valence-corrected chi connectivity index (χ2v) is 7.42. The summed E-state index contributed by atoms with van der Waals surface area (Å²) < 4.78 is 0. The van der Waals surface area contributed by atoms with Crippen molar-refractivity contribution in [2.45, 2.75) is 45.4 Å². The van der Waals surface area contributed by atoms with Gasteiger partial charge in [-0.3, -0.25) is 0 Å². The molecule has 0 unspecified atom stereocenters. The van der Waals surface area contributed by atoms with E-state index in [-0.39, 0.29) is 0 Å². The van der Waals surface area contributed by atoms with E-state index in [1.54, 1.807) is 21.8 Å². The minimum absolute atomic E-state index is 1.04. The van der Waals surface area contributed by atoms with Gasteiger partial charge in [0.15, 0.2) is 5.01 Å². The molecule has 5 heteroatoms. The van der Waals surface area contributed by atoms with Crippen LogP contribution in [-0.4, -0.2) is 23.3 Å². The summed E-state index contributed by atoms with van der Waals surface area (Å²) in [7, 11) is 0. The Morgan fingerprint density at radius 2 is 2.10 bits per heavy atom.